The molecule has 1 heterocycles. The number of nitrogens with one attached hydrogen (secondary N) is 1. The summed E-state index contributed by atoms with van der Waals surface area (Å²) in [5.74, 6) is -0.844. The fraction of sp³-hybridized carbons (Fsp3) is 0.364. The number of hydrogen-bond acceptors (Lipinski definition) is 7. The number of nitrogens with zero attached hydrogens (tertiary/aromatic N) is 1. The van der Waals surface area contributed by atoms with Gasteiger partial charge in [-0.15, -0.1) is 0 Å². The molecule has 1 aliphatic heterocycles. The summed E-state index contributed by atoms with van der Waals surface area (Å²) in [6.45, 7) is 2.84. The molecule has 3 rings (SSSR count). The molecule has 0 saturated carbocycles. The molecule has 1 aliphatic rings. The standard InChI is InChI=1S/C22H26N2O7S/c1-14-4-9-19(10-15(14)2)32(28,29)24-12-17(25)11-20(24)22(27)31-13-21(26)23-16-5-7-18(30-3)8-6-16/h4-10,17,20,25H,11-13H2,1-3H3,(H,23,26)/t17?,20-/m0/s1. The number of aliphatic hydroxyl groups excluding tert-OH is 1. The molecule has 2 aromatic rings. The maximum absolute atomic E-state index is 13.1. The van der Waals surface area contributed by atoms with E-state index in [1.807, 2.05) is 6.92 Å². The van der Waals surface area contributed by atoms with Crippen LogP contribution in [0.1, 0.15) is 17.5 Å². The van der Waals surface area contributed by atoms with E-state index < -0.39 is 40.7 Å². The number of carbonyl (C=O) groups excluding carboxylic acids is 2. The zero-order valence-electron chi connectivity index (χ0n) is 18.1. The van der Waals surface area contributed by atoms with E-state index in [-0.39, 0.29) is 17.9 Å². The summed E-state index contributed by atoms with van der Waals surface area (Å²) < 4.78 is 37.3. The number of ether oxygens (including phenoxy) is 2. The van der Waals surface area contributed by atoms with Gasteiger partial charge in [-0.25, -0.2) is 8.42 Å². The summed E-state index contributed by atoms with van der Waals surface area (Å²) in [4.78, 5) is 24.8. The third-order valence-electron chi connectivity index (χ3n) is 5.31. The fourth-order valence-corrected chi connectivity index (χ4v) is 5.09. The minimum absolute atomic E-state index is 0.0322. The van der Waals surface area contributed by atoms with Gasteiger partial charge >= 0.3 is 5.97 Å². The number of amides is 1. The molecule has 32 heavy (non-hydrogen) atoms. The quantitative estimate of drug-likeness (QED) is 0.600. The van der Waals surface area contributed by atoms with Crippen LogP contribution in [-0.2, 0) is 24.3 Å². The van der Waals surface area contributed by atoms with Crippen LogP contribution in [0.3, 0.4) is 0 Å². The Morgan fingerprint density at radius 1 is 1.12 bits per heavy atom. The highest BCUT2D eigenvalue weighted by Crippen LogP contribution is 2.28. The van der Waals surface area contributed by atoms with E-state index in [0.29, 0.717) is 11.4 Å². The summed E-state index contributed by atoms with van der Waals surface area (Å²) in [5, 5.41) is 12.6. The second-order valence-corrected chi connectivity index (χ2v) is 9.50. The number of aliphatic hydroxyl groups is 1. The van der Waals surface area contributed by atoms with Crippen molar-refractivity contribution in [1.29, 1.82) is 0 Å². The minimum Gasteiger partial charge on any atom is -0.497 e. The lowest BCUT2D eigenvalue weighted by Crippen LogP contribution is -2.42. The first-order valence-corrected chi connectivity index (χ1v) is 11.4. The summed E-state index contributed by atoms with van der Waals surface area (Å²) in [5.41, 5.74) is 2.21. The second-order valence-electron chi connectivity index (χ2n) is 7.61. The number of anilines is 1. The molecule has 0 spiro atoms. The Bertz CT molecular complexity index is 1100. The van der Waals surface area contributed by atoms with Crippen LogP contribution < -0.4 is 10.1 Å². The van der Waals surface area contributed by atoms with Gasteiger partial charge in [-0.1, -0.05) is 6.07 Å². The molecule has 0 bridgehead atoms. The first-order chi connectivity index (χ1) is 15.1. The first kappa shape index (κ1) is 23.7. The molecule has 0 radical (unpaired) electrons. The van der Waals surface area contributed by atoms with Crippen molar-refractivity contribution in [2.75, 3.05) is 25.6 Å². The van der Waals surface area contributed by atoms with Crippen molar-refractivity contribution in [1.82, 2.24) is 4.31 Å². The lowest BCUT2D eigenvalue weighted by molar-refractivity contribution is -0.150. The number of esters is 1. The molecule has 172 valence electrons. The van der Waals surface area contributed by atoms with E-state index >= 15 is 0 Å². The molecule has 2 N–H and O–H groups in total. The van der Waals surface area contributed by atoms with Gasteiger partial charge < -0.3 is 19.9 Å². The molecule has 1 saturated heterocycles. The van der Waals surface area contributed by atoms with Crippen molar-refractivity contribution in [3.05, 3.63) is 53.6 Å². The minimum atomic E-state index is -4.04. The van der Waals surface area contributed by atoms with Crippen molar-refractivity contribution in [2.24, 2.45) is 0 Å². The van der Waals surface area contributed by atoms with E-state index in [4.69, 9.17) is 9.47 Å². The Labute approximate surface area is 187 Å². The number of β-amino-alcohol motifs (C(OH)–C–C–N with tert-alkyl or cyclic N) is 1. The Morgan fingerprint density at radius 3 is 2.44 bits per heavy atom. The van der Waals surface area contributed by atoms with Crippen LogP contribution in [0.4, 0.5) is 5.69 Å². The molecule has 1 fully saturated rings. The van der Waals surface area contributed by atoms with Gasteiger partial charge in [0.15, 0.2) is 6.61 Å². The summed E-state index contributed by atoms with van der Waals surface area (Å²) in [7, 11) is -2.51. The van der Waals surface area contributed by atoms with Crippen LogP contribution in [0.5, 0.6) is 5.75 Å². The number of hydrogen-bond donors (Lipinski definition) is 2. The molecule has 2 atom stereocenters. The predicted molar refractivity (Wildman–Crippen MR) is 117 cm³/mol. The Morgan fingerprint density at radius 2 is 1.81 bits per heavy atom. The van der Waals surface area contributed by atoms with Gasteiger partial charge in [-0.05, 0) is 61.4 Å². The third kappa shape index (κ3) is 5.26. The van der Waals surface area contributed by atoms with Crippen molar-refractivity contribution in [2.45, 2.75) is 37.3 Å². The largest absolute Gasteiger partial charge is 0.497 e. The van der Waals surface area contributed by atoms with Gasteiger partial charge in [0.1, 0.15) is 11.8 Å². The number of carbonyl (C=O) groups is 2. The van der Waals surface area contributed by atoms with Gasteiger partial charge in [-0.2, -0.15) is 4.31 Å². The van der Waals surface area contributed by atoms with Crippen LogP contribution in [0.2, 0.25) is 0 Å². The molecule has 0 aliphatic carbocycles. The van der Waals surface area contributed by atoms with Crippen LogP contribution >= 0.6 is 0 Å². The van der Waals surface area contributed by atoms with Crippen molar-refractivity contribution in [3.8, 4) is 5.75 Å². The zero-order valence-corrected chi connectivity index (χ0v) is 18.9. The number of methoxy groups -OCH3 is 1. The highest BCUT2D eigenvalue weighted by atomic mass is 32.2. The average molecular weight is 463 g/mol. The molecule has 0 aromatic heterocycles. The number of aryl methyl sites for hydroxylation is 2. The SMILES string of the molecule is COc1ccc(NC(=O)COC(=O)[C@@H]2CC(O)CN2S(=O)(=O)c2ccc(C)c(C)c2)cc1. The van der Waals surface area contributed by atoms with Gasteiger partial charge in [0, 0.05) is 18.7 Å². The molecular weight excluding hydrogens is 436 g/mol. The second kappa shape index (κ2) is 9.68. The monoisotopic (exact) mass is 462 g/mol. The van der Waals surface area contributed by atoms with E-state index in [1.54, 1.807) is 37.3 Å². The summed E-state index contributed by atoms with van der Waals surface area (Å²) >= 11 is 0. The maximum Gasteiger partial charge on any atom is 0.325 e. The van der Waals surface area contributed by atoms with Gasteiger partial charge in [0.05, 0.1) is 18.1 Å². The van der Waals surface area contributed by atoms with Gasteiger partial charge in [-0.3, -0.25) is 9.59 Å². The van der Waals surface area contributed by atoms with Crippen LogP contribution in [-0.4, -0.2) is 62.1 Å². The lowest BCUT2D eigenvalue weighted by Gasteiger charge is -2.22. The smallest absolute Gasteiger partial charge is 0.325 e. The molecule has 9 nitrogen and oxygen atoms in total. The van der Waals surface area contributed by atoms with Crippen LogP contribution in [0, 0.1) is 13.8 Å². The summed E-state index contributed by atoms with van der Waals surface area (Å²) in [6, 6.07) is 10.0. The molecule has 10 heteroatoms. The van der Waals surface area contributed by atoms with E-state index in [0.717, 1.165) is 15.4 Å². The van der Waals surface area contributed by atoms with Crippen molar-refractivity contribution < 1.29 is 32.6 Å². The average Bonchev–Trinajstić information content (AvgIpc) is 3.17. The highest BCUT2D eigenvalue weighted by molar-refractivity contribution is 7.89. The number of sulfonamides is 1. The highest BCUT2D eigenvalue weighted by Gasteiger charge is 2.44. The molecular formula is C22H26N2O7S. The Hall–Kier alpha value is -2.95. The normalized spacial score (nSPS) is 18.9. The fourth-order valence-electron chi connectivity index (χ4n) is 3.38. The number of rotatable bonds is 7. The third-order valence-corrected chi connectivity index (χ3v) is 7.18. The van der Waals surface area contributed by atoms with Gasteiger partial charge in [0.25, 0.3) is 5.91 Å². The summed E-state index contributed by atoms with van der Waals surface area (Å²) in [6.07, 6.45) is -1.12. The van der Waals surface area contributed by atoms with Crippen LogP contribution in [0.15, 0.2) is 47.4 Å². The topological polar surface area (TPSA) is 122 Å². The molecule has 2 aromatic carbocycles. The van der Waals surface area contributed by atoms with E-state index in [1.165, 1.54) is 19.2 Å². The van der Waals surface area contributed by atoms with E-state index in [2.05, 4.69) is 5.32 Å². The van der Waals surface area contributed by atoms with Crippen molar-refractivity contribution >= 4 is 27.6 Å². The predicted octanol–water partition coefficient (Wildman–Crippen LogP) is 1.62. The van der Waals surface area contributed by atoms with Gasteiger partial charge in [0.2, 0.25) is 10.0 Å². The Balaban J connectivity index is 1.66. The number of benzene rings is 2. The van der Waals surface area contributed by atoms with Crippen LogP contribution in [0.25, 0.3) is 0 Å². The first-order valence-electron chi connectivity index (χ1n) is 9.99. The maximum atomic E-state index is 13.1. The lowest BCUT2D eigenvalue weighted by atomic mass is 10.1. The molecule has 1 unspecified atom stereocenters. The molecule has 1 amide bonds. The van der Waals surface area contributed by atoms with Crippen molar-refractivity contribution in [3.63, 3.8) is 0 Å². The van der Waals surface area contributed by atoms with E-state index in [9.17, 15) is 23.1 Å². The zero-order chi connectivity index (χ0) is 23.5. The Kier molecular flexibility index (Phi) is 7.17.